The Bertz CT molecular complexity index is 432. The lowest BCUT2D eigenvalue weighted by molar-refractivity contribution is -0.126. The number of nitrogens with one attached hydrogen (secondary N) is 2. The standard InChI is InChI=1S/C15H21ClN2O/c1-10-8-17-9-14(10)15(19)18-11(2)7-12-3-5-13(16)6-4-12/h3-6,10-11,14,17H,7-9H2,1-2H3,(H,18,19)/t10-,11+,14-/m1/s1. The Morgan fingerprint density at radius 3 is 2.68 bits per heavy atom. The van der Waals surface area contributed by atoms with Gasteiger partial charge in [-0.3, -0.25) is 4.79 Å². The maximum absolute atomic E-state index is 12.1. The van der Waals surface area contributed by atoms with Crippen molar-refractivity contribution >= 4 is 17.5 Å². The maximum atomic E-state index is 12.1. The summed E-state index contributed by atoms with van der Waals surface area (Å²) in [5, 5.41) is 7.10. The number of hydrogen-bond acceptors (Lipinski definition) is 2. The minimum absolute atomic E-state index is 0.104. The molecular weight excluding hydrogens is 260 g/mol. The Hall–Kier alpha value is -1.06. The molecule has 1 saturated heterocycles. The predicted octanol–water partition coefficient (Wildman–Crippen LogP) is 2.24. The van der Waals surface area contributed by atoms with Crippen molar-refractivity contribution in [2.24, 2.45) is 11.8 Å². The van der Waals surface area contributed by atoms with Crippen molar-refractivity contribution in [3.05, 3.63) is 34.9 Å². The van der Waals surface area contributed by atoms with E-state index >= 15 is 0 Å². The summed E-state index contributed by atoms with van der Waals surface area (Å²) in [4.78, 5) is 12.1. The van der Waals surface area contributed by atoms with Crippen LogP contribution in [-0.2, 0) is 11.2 Å². The van der Waals surface area contributed by atoms with Crippen LogP contribution in [0.1, 0.15) is 19.4 Å². The van der Waals surface area contributed by atoms with Crippen LogP contribution in [0.5, 0.6) is 0 Å². The fraction of sp³-hybridized carbons (Fsp3) is 0.533. The highest BCUT2D eigenvalue weighted by Gasteiger charge is 2.29. The molecule has 1 aliphatic rings. The lowest BCUT2D eigenvalue weighted by Gasteiger charge is -2.19. The highest BCUT2D eigenvalue weighted by atomic mass is 35.5. The van der Waals surface area contributed by atoms with Crippen LogP contribution in [-0.4, -0.2) is 25.0 Å². The molecule has 0 unspecified atom stereocenters. The highest BCUT2D eigenvalue weighted by molar-refractivity contribution is 6.30. The third-order valence-corrected chi connectivity index (χ3v) is 3.95. The molecule has 19 heavy (non-hydrogen) atoms. The quantitative estimate of drug-likeness (QED) is 0.888. The second-order valence-electron chi connectivity index (χ2n) is 5.48. The molecule has 1 aromatic carbocycles. The molecule has 2 rings (SSSR count). The molecular formula is C15H21ClN2O. The van der Waals surface area contributed by atoms with Crippen molar-refractivity contribution in [3.63, 3.8) is 0 Å². The van der Waals surface area contributed by atoms with E-state index in [0.29, 0.717) is 5.92 Å². The van der Waals surface area contributed by atoms with Gasteiger partial charge in [0.15, 0.2) is 0 Å². The van der Waals surface area contributed by atoms with E-state index < -0.39 is 0 Å². The first-order valence-corrected chi connectivity index (χ1v) is 7.19. The summed E-state index contributed by atoms with van der Waals surface area (Å²) in [7, 11) is 0. The van der Waals surface area contributed by atoms with E-state index in [4.69, 9.17) is 11.6 Å². The summed E-state index contributed by atoms with van der Waals surface area (Å²) in [6.45, 7) is 5.89. The molecule has 4 heteroatoms. The van der Waals surface area contributed by atoms with E-state index in [2.05, 4.69) is 17.6 Å². The zero-order valence-electron chi connectivity index (χ0n) is 11.4. The van der Waals surface area contributed by atoms with Gasteiger partial charge in [0.25, 0.3) is 0 Å². The van der Waals surface area contributed by atoms with Gasteiger partial charge in [0.2, 0.25) is 5.91 Å². The van der Waals surface area contributed by atoms with Crippen LogP contribution in [0.2, 0.25) is 5.02 Å². The van der Waals surface area contributed by atoms with E-state index in [9.17, 15) is 4.79 Å². The number of halogens is 1. The van der Waals surface area contributed by atoms with Crippen LogP contribution in [0.25, 0.3) is 0 Å². The Morgan fingerprint density at radius 1 is 1.42 bits per heavy atom. The third kappa shape index (κ3) is 3.95. The van der Waals surface area contributed by atoms with Gasteiger partial charge in [-0.05, 0) is 43.5 Å². The Kier molecular flexibility index (Phi) is 4.83. The molecule has 0 aromatic heterocycles. The van der Waals surface area contributed by atoms with Crippen LogP contribution >= 0.6 is 11.6 Å². The number of hydrogen-bond donors (Lipinski definition) is 2. The molecule has 0 radical (unpaired) electrons. The summed E-state index contributed by atoms with van der Waals surface area (Å²) < 4.78 is 0. The average molecular weight is 281 g/mol. The van der Waals surface area contributed by atoms with Crippen molar-refractivity contribution < 1.29 is 4.79 Å². The molecule has 1 aliphatic heterocycles. The first-order valence-electron chi connectivity index (χ1n) is 6.82. The molecule has 2 N–H and O–H groups in total. The van der Waals surface area contributed by atoms with Crippen LogP contribution in [0, 0.1) is 11.8 Å². The SMILES string of the molecule is C[C@@H]1CNC[C@H]1C(=O)N[C@@H](C)Cc1ccc(Cl)cc1. The molecule has 0 spiro atoms. The molecule has 1 heterocycles. The minimum atomic E-state index is 0.104. The molecule has 3 nitrogen and oxygen atoms in total. The van der Waals surface area contributed by atoms with Crippen molar-refractivity contribution in [1.29, 1.82) is 0 Å². The number of carbonyl (C=O) groups is 1. The molecule has 0 saturated carbocycles. The molecule has 0 bridgehead atoms. The topological polar surface area (TPSA) is 41.1 Å². The van der Waals surface area contributed by atoms with E-state index in [0.717, 1.165) is 24.5 Å². The molecule has 1 fully saturated rings. The highest BCUT2D eigenvalue weighted by Crippen LogP contribution is 2.16. The van der Waals surface area contributed by atoms with Gasteiger partial charge >= 0.3 is 0 Å². The fourth-order valence-corrected chi connectivity index (χ4v) is 2.66. The summed E-state index contributed by atoms with van der Waals surface area (Å²) in [6, 6.07) is 7.92. The average Bonchev–Trinajstić information content (AvgIpc) is 2.78. The van der Waals surface area contributed by atoms with Gasteiger partial charge in [-0.2, -0.15) is 0 Å². The molecule has 1 aromatic rings. The Labute approximate surface area is 119 Å². The van der Waals surface area contributed by atoms with E-state index in [1.54, 1.807) is 0 Å². The van der Waals surface area contributed by atoms with Gasteiger partial charge in [0, 0.05) is 17.6 Å². The first-order chi connectivity index (χ1) is 9.06. The van der Waals surface area contributed by atoms with Crippen molar-refractivity contribution in [2.45, 2.75) is 26.3 Å². The van der Waals surface area contributed by atoms with Crippen molar-refractivity contribution in [2.75, 3.05) is 13.1 Å². The van der Waals surface area contributed by atoms with E-state index in [1.807, 2.05) is 31.2 Å². The smallest absolute Gasteiger partial charge is 0.224 e. The van der Waals surface area contributed by atoms with Crippen LogP contribution in [0.3, 0.4) is 0 Å². The predicted molar refractivity (Wildman–Crippen MR) is 78.3 cm³/mol. The van der Waals surface area contributed by atoms with E-state index in [1.165, 1.54) is 5.56 Å². The second-order valence-corrected chi connectivity index (χ2v) is 5.92. The lowest BCUT2D eigenvalue weighted by Crippen LogP contribution is -2.40. The zero-order chi connectivity index (χ0) is 13.8. The molecule has 1 amide bonds. The summed E-state index contributed by atoms with van der Waals surface area (Å²) in [5.74, 6) is 0.689. The lowest BCUT2D eigenvalue weighted by atomic mass is 9.96. The molecule has 3 atom stereocenters. The summed E-state index contributed by atoms with van der Waals surface area (Å²) in [5.41, 5.74) is 1.19. The van der Waals surface area contributed by atoms with Crippen LogP contribution in [0.15, 0.2) is 24.3 Å². The van der Waals surface area contributed by atoms with Gasteiger partial charge < -0.3 is 10.6 Å². The monoisotopic (exact) mass is 280 g/mol. The third-order valence-electron chi connectivity index (χ3n) is 3.70. The number of carbonyl (C=O) groups excluding carboxylic acids is 1. The van der Waals surface area contributed by atoms with Crippen molar-refractivity contribution in [3.8, 4) is 0 Å². The van der Waals surface area contributed by atoms with Crippen LogP contribution in [0.4, 0.5) is 0 Å². The minimum Gasteiger partial charge on any atom is -0.353 e. The maximum Gasteiger partial charge on any atom is 0.224 e. The van der Waals surface area contributed by atoms with Gasteiger partial charge in [-0.25, -0.2) is 0 Å². The second kappa shape index (κ2) is 6.40. The molecule has 0 aliphatic carbocycles. The van der Waals surface area contributed by atoms with Crippen molar-refractivity contribution in [1.82, 2.24) is 10.6 Å². The normalized spacial score (nSPS) is 24.2. The largest absolute Gasteiger partial charge is 0.353 e. The first kappa shape index (κ1) is 14.4. The number of benzene rings is 1. The Morgan fingerprint density at radius 2 is 2.11 bits per heavy atom. The molecule has 104 valence electrons. The van der Waals surface area contributed by atoms with Gasteiger partial charge in [0.05, 0.1) is 5.92 Å². The number of amides is 1. The van der Waals surface area contributed by atoms with Gasteiger partial charge in [0.1, 0.15) is 0 Å². The van der Waals surface area contributed by atoms with Gasteiger partial charge in [-0.15, -0.1) is 0 Å². The fourth-order valence-electron chi connectivity index (χ4n) is 2.54. The van der Waals surface area contributed by atoms with Crippen LogP contribution < -0.4 is 10.6 Å². The zero-order valence-corrected chi connectivity index (χ0v) is 12.2. The Balaban J connectivity index is 1.85. The van der Waals surface area contributed by atoms with E-state index in [-0.39, 0.29) is 17.9 Å². The number of rotatable bonds is 4. The summed E-state index contributed by atoms with van der Waals surface area (Å²) >= 11 is 5.86. The summed E-state index contributed by atoms with van der Waals surface area (Å²) in [6.07, 6.45) is 0.831. The van der Waals surface area contributed by atoms with Gasteiger partial charge in [-0.1, -0.05) is 30.7 Å².